The van der Waals surface area contributed by atoms with E-state index in [1.165, 1.54) is 12.0 Å². The number of amides is 1. The molecule has 0 saturated carbocycles. The van der Waals surface area contributed by atoms with Crippen molar-refractivity contribution in [1.82, 2.24) is 0 Å². The molecular weight excluding hydrogens is 490 g/mol. The highest BCUT2D eigenvalue weighted by molar-refractivity contribution is 6.51. The zero-order valence-electron chi connectivity index (χ0n) is 23.9. The average Bonchev–Trinajstić information content (AvgIpc) is 3.17. The number of aliphatic hydroxyl groups excluding tert-OH is 1. The van der Waals surface area contributed by atoms with Crippen molar-refractivity contribution >= 4 is 34.5 Å². The minimum Gasteiger partial charge on any atom is -0.507 e. The number of anilines is 3. The summed E-state index contributed by atoms with van der Waals surface area (Å²) in [7, 11) is 9.29. The molecule has 204 valence electrons. The largest absolute Gasteiger partial charge is 0.507 e. The van der Waals surface area contributed by atoms with Crippen LogP contribution < -0.4 is 19.4 Å². The lowest BCUT2D eigenvalue weighted by atomic mass is 9.85. The van der Waals surface area contributed by atoms with Gasteiger partial charge in [0.1, 0.15) is 11.5 Å². The maximum absolute atomic E-state index is 13.7. The van der Waals surface area contributed by atoms with Crippen molar-refractivity contribution in [2.75, 3.05) is 50.0 Å². The highest BCUT2D eigenvalue weighted by Gasteiger charge is 2.47. The van der Waals surface area contributed by atoms with Crippen LogP contribution in [-0.2, 0) is 15.0 Å². The lowest BCUT2D eigenvalue weighted by molar-refractivity contribution is -0.132. The van der Waals surface area contributed by atoms with Crippen molar-refractivity contribution in [3.8, 4) is 5.75 Å². The third kappa shape index (κ3) is 5.21. The van der Waals surface area contributed by atoms with Crippen LogP contribution in [0.15, 0.2) is 72.3 Å². The highest BCUT2D eigenvalue weighted by atomic mass is 16.5. The smallest absolute Gasteiger partial charge is 0.300 e. The van der Waals surface area contributed by atoms with Crippen LogP contribution in [0.25, 0.3) is 5.76 Å². The fourth-order valence-corrected chi connectivity index (χ4v) is 4.79. The molecule has 1 amide bonds. The normalized spacial score (nSPS) is 16.9. The van der Waals surface area contributed by atoms with E-state index in [4.69, 9.17) is 4.74 Å². The molecule has 7 heteroatoms. The van der Waals surface area contributed by atoms with Crippen LogP contribution >= 0.6 is 0 Å². The third-order valence-electron chi connectivity index (χ3n) is 7.13. The van der Waals surface area contributed by atoms with Gasteiger partial charge in [0, 0.05) is 45.3 Å². The van der Waals surface area contributed by atoms with Crippen molar-refractivity contribution in [3.63, 3.8) is 0 Å². The molecule has 0 aromatic heterocycles. The summed E-state index contributed by atoms with van der Waals surface area (Å²) in [6, 6.07) is 19.8. The molecule has 1 aliphatic rings. The van der Waals surface area contributed by atoms with E-state index in [9.17, 15) is 14.7 Å². The first kappa shape index (κ1) is 27.8. The topological polar surface area (TPSA) is 73.3 Å². The lowest BCUT2D eigenvalue weighted by Gasteiger charge is -2.27. The summed E-state index contributed by atoms with van der Waals surface area (Å²) < 4.78 is 5.57. The Morgan fingerprint density at radius 3 is 1.87 bits per heavy atom. The SMILES string of the molecule is COc1ccc(C(C)(C)C)cc1/C(O)=C1\C(=O)C(=O)N(c2ccc(N(C)C)cc2)C1c1ccc(N(C)C)cc1. The molecule has 1 heterocycles. The van der Waals surface area contributed by atoms with Crippen LogP contribution in [0, 0.1) is 0 Å². The Kier molecular flexibility index (Phi) is 7.46. The van der Waals surface area contributed by atoms with Crippen molar-refractivity contribution in [2.45, 2.75) is 32.2 Å². The fraction of sp³-hybridized carbons (Fsp3) is 0.312. The van der Waals surface area contributed by atoms with E-state index in [1.54, 1.807) is 6.07 Å². The first-order chi connectivity index (χ1) is 18.3. The maximum atomic E-state index is 13.7. The van der Waals surface area contributed by atoms with Crippen molar-refractivity contribution < 1.29 is 19.4 Å². The Labute approximate surface area is 230 Å². The molecule has 0 aliphatic carbocycles. The van der Waals surface area contributed by atoms with E-state index in [2.05, 4.69) is 20.8 Å². The number of carbonyl (C=O) groups is 2. The molecule has 0 radical (unpaired) electrons. The number of ether oxygens (including phenoxy) is 1. The Bertz CT molecular complexity index is 1420. The van der Waals surface area contributed by atoms with E-state index in [1.807, 2.05) is 98.7 Å². The van der Waals surface area contributed by atoms with Gasteiger partial charge in [0.25, 0.3) is 11.7 Å². The summed E-state index contributed by atoms with van der Waals surface area (Å²) >= 11 is 0. The molecule has 4 rings (SSSR count). The van der Waals surface area contributed by atoms with E-state index in [0.717, 1.165) is 16.9 Å². The summed E-state index contributed by atoms with van der Waals surface area (Å²) in [5.41, 5.74) is 4.38. The van der Waals surface area contributed by atoms with Gasteiger partial charge in [-0.2, -0.15) is 0 Å². The third-order valence-corrected chi connectivity index (χ3v) is 7.13. The number of aliphatic hydroxyl groups is 1. The van der Waals surface area contributed by atoms with Crippen molar-refractivity contribution in [1.29, 1.82) is 0 Å². The molecule has 1 N–H and O–H groups in total. The first-order valence-electron chi connectivity index (χ1n) is 12.9. The molecule has 0 bridgehead atoms. The predicted octanol–water partition coefficient (Wildman–Crippen LogP) is 5.75. The summed E-state index contributed by atoms with van der Waals surface area (Å²) in [4.78, 5) is 32.7. The maximum Gasteiger partial charge on any atom is 0.300 e. The van der Waals surface area contributed by atoms with Crippen molar-refractivity contribution in [3.05, 3.63) is 89.0 Å². The van der Waals surface area contributed by atoms with Gasteiger partial charge >= 0.3 is 0 Å². The van der Waals surface area contributed by atoms with Crippen LogP contribution in [0.5, 0.6) is 5.75 Å². The Balaban J connectivity index is 1.96. The van der Waals surface area contributed by atoms with E-state index in [-0.39, 0.29) is 16.7 Å². The number of benzene rings is 3. The zero-order chi connectivity index (χ0) is 28.6. The van der Waals surface area contributed by atoms with E-state index >= 15 is 0 Å². The summed E-state index contributed by atoms with van der Waals surface area (Å²) in [6.45, 7) is 6.21. The van der Waals surface area contributed by atoms with Crippen LogP contribution in [0.1, 0.15) is 43.5 Å². The Hall–Kier alpha value is -4.26. The number of Topliss-reactive ketones (excluding diaryl/α,β-unsaturated/α-hetero) is 1. The molecule has 7 nitrogen and oxygen atoms in total. The number of carbonyl (C=O) groups excluding carboxylic acids is 2. The molecule has 1 fully saturated rings. The summed E-state index contributed by atoms with van der Waals surface area (Å²) in [6.07, 6.45) is 0. The highest BCUT2D eigenvalue weighted by Crippen LogP contribution is 2.44. The monoisotopic (exact) mass is 527 g/mol. The Morgan fingerprint density at radius 1 is 0.846 bits per heavy atom. The van der Waals surface area contributed by atoms with Gasteiger partial charge in [-0.05, 0) is 65.1 Å². The van der Waals surface area contributed by atoms with Gasteiger partial charge in [-0.1, -0.05) is 39.0 Å². The Morgan fingerprint density at radius 2 is 1.38 bits per heavy atom. The van der Waals surface area contributed by atoms with E-state index < -0.39 is 17.7 Å². The second-order valence-corrected chi connectivity index (χ2v) is 11.2. The minimum absolute atomic E-state index is 0.0265. The summed E-state index contributed by atoms with van der Waals surface area (Å²) in [5.74, 6) is -1.27. The van der Waals surface area contributed by atoms with Crippen LogP contribution in [0.2, 0.25) is 0 Å². The number of hydrogen-bond acceptors (Lipinski definition) is 6. The quantitative estimate of drug-likeness (QED) is 0.250. The van der Waals surface area contributed by atoms with Gasteiger partial charge in [-0.25, -0.2) is 0 Å². The van der Waals surface area contributed by atoms with Crippen LogP contribution in [0.3, 0.4) is 0 Å². The van der Waals surface area contributed by atoms with Crippen LogP contribution in [0.4, 0.5) is 17.1 Å². The molecule has 1 aliphatic heterocycles. The van der Waals surface area contributed by atoms with Gasteiger partial charge in [-0.3, -0.25) is 14.5 Å². The van der Waals surface area contributed by atoms with Gasteiger partial charge < -0.3 is 19.6 Å². The number of ketones is 1. The second kappa shape index (κ2) is 10.5. The molecule has 1 unspecified atom stereocenters. The zero-order valence-corrected chi connectivity index (χ0v) is 23.9. The fourth-order valence-electron chi connectivity index (χ4n) is 4.79. The van der Waals surface area contributed by atoms with Crippen molar-refractivity contribution in [2.24, 2.45) is 0 Å². The van der Waals surface area contributed by atoms with Gasteiger partial charge in [0.05, 0.1) is 24.3 Å². The minimum atomic E-state index is -0.825. The first-order valence-corrected chi connectivity index (χ1v) is 12.9. The molecule has 1 saturated heterocycles. The number of rotatable bonds is 6. The van der Waals surface area contributed by atoms with Gasteiger partial charge in [-0.15, -0.1) is 0 Å². The van der Waals surface area contributed by atoms with Gasteiger partial charge in [0.15, 0.2) is 0 Å². The summed E-state index contributed by atoms with van der Waals surface area (Å²) in [5, 5.41) is 11.8. The molecule has 3 aromatic rings. The van der Waals surface area contributed by atoms with E-state index in [0.29, 0.717) is 22.6 Å². The number of methoxy groups -OCH3 is 1. The standard InChI is InChI=1S/C32H37N3O4/c1-32(2,3)21-11-18-26(39-8)25(19-21)29(36)27-28(20-9-12-22(13-10-20)33(4)5)35(31(38)30(27)37)24-16-14-23(15-17-24)34(6)7/h9-19,28,36H,1-8H3/b29-27+. The molecular formula is C32H37N3O4. The number of hydrogen-bond donors (Lipinski definition) is 1. The molecule has 0 spiro atoms. The molecule has 3 aromatic carbocycles. The molecule has 1 atom stereocenters. The second-order valence-electron chi connectivity index (χ2n) is 11.2. The lowest BCUT2D eigenvalue weighted by Crippen LogP contribution is -2.29. The van der Waals surface area contributed by atoms with Crippen LogP contribution in [-0.4, -0.2) is 52.1 Å². The average molecular weight is 528 g/mol. The molecule has 39 heavy (non-hydrogen) atoms. The number of nitrogens with zero attached hydrogens (tertiary/aromatic N) is 3. The predicted molar refractivity (Wildman–Crippen MR) is 158 cm³/mol. The van der Waals surface area contributed by atoms with Gasteiger partial charge in [0.2, 0.25) is 0 Å².